The summed E-state index contributed by atoms with van der Waals surface area (Å²) in [5.41, 5.74) is -1.41. The molecular formula is C19H11N3O8. The van der Waals surface area contributed by atoms with E-state index in [2.05, 4.69) is 0 Å². The quantitative estimate of drug-likeness (QED) is 0.252. The Morgan fingerprint density at radius 1 is 0.700 bits per heavy atom. The topological polar surface area (TPSA) is 156 Å². The third-order valence-electron chi connectivity index (χ3n) is 4.06. The number of nitro groups is 3. The highest BCUT2D eigenvalue weighted by atomic mass is 16.6. The average molecular weight is 409 g/mol. The highest BCUT2D eigenvalue weighted by molar-refractivity contribution is 5.92. The predicted octanol–water partition coefficient (Wildman–Crippen LogP) is 4.30. The van der Waals surface area contributed by atoms with Crippen LogP contribution in [0.2, 0.25) is 0 Å². The number of benzene rings is 3. The first kappa shape index (κ1) is 20.1. The number of ether oxygens (including phenoxy) is 1. The van der Waals surface area contributed by atoms with Gasteiger partial charge in [-0.25, -0.2) is 4.79 Å². The molecule has 3 aromatic carbocycles. The number of carbonyl (C=O) groups excluding carboxylic acids is 1. The van der Waals surface area contributed by atoms with Crippen LogP contribution in [0, 0.1) is 30.3 Å². The van der Waals surface area contributed by atoms with Crippen molar-refractivity contribution < 1.29 is 24.3 Å². The minimum atomic E-state index is -0.995. The zero-order chi connectivity index (χ0) is 21.8. The van der Waals surface area contributed by atoms with E-state index >= 15 is 0 Å². The molecule has 3 aromatic rings. The van der Waals surface area contributed by atoms with Crippen molar-refractivity contribution in [1.82, 2.24) is 0 Å². The van der Waals surface area contributed by atoms with Gasteiger partial charge >= 0.3 is 17.3 Å². The van der Waals surface area contributed by atoms with Crippen molar-refractivity contribution in [3.63, 3.8) is 0 Å². The normalized spacial score (nSPS) is 10.3. The third-order valence-corrected chi connectivity index (χ3v) is 4.06. The fourth-order valence-electron chi connectivity index (χ4n) is 2.64. The van der Waals surface area contributed by atoms with Gasteiger partial charge < -0.3 is 4.74 Å². The van der Waals surface area contributed by atoms with Gasteiger partial charge in [0.1, 0.15) is 0 Å². The standard InChI is InChI=1S/C19H11N3O8/c23-19(13-4-2-1-3-5-13)30-18-16(21(26)27)10-14(11-17(18)22(28)29)12-6-8-15(9-7-12)20(24)25/h1-11H. The van der Waals surface area contributed by atoms with Gasteiger partial charge in [0.15, 0.2) is 0 Å². The summed E-state index contributed by atoms with van der Waals surface area (Å²) in [4.78, 5) is 43.7. The van der Waals surface area contributed by atoms with E-state index in [9.17, 15) is 35.1 Å². The van der Waals surface area contributed by atoms with Crippen molar-refractivity contribution in [2.75, 3.05) is 0 Å². The molecule has 0 aliphatic carbocycles. The molecule has 0 spiro atoms. The number of hydrogen-bond acceptors (Lipinski definition) is 8. The Hall–Kier alpha value is -4.67. The van der Waals surface area contributed by atoms with Crippen LogP contribution in [0.1, 0.15) is 10.4 Å². The van der Waals surface area contributed by atoms with Gasteiger partial charge in [0.05, 0.1) is 20.3 Å². The van der Waals surface area contributed by atoms with E-state index < -0.39 is 37.9 Å². The van der Waals surface area contributed by atoms with E-state index in [1.807, 2.05) is 0 Å². The van der Waals surface area contributed by atoms with Crippen molar-refractivity contribution in [1.29, 1.82) is 0 Å². The lowest BCUT2D eigenvalue weighted by atomic mass is 10.0. The van der Waals surface area contributed by atoms with Crippen molar-refractivity contribution in [2.24, 2.45) is 0 Å². The highest BCUT2D eigenvalue weighted by Crippen LogP contribution is 2.41. The van der Waals surface area contributed by atoms with Crippen LogP contribution in [0.5, 0.6) is 5.75 Å². The summed E-state index contributed by atoms with van der Waals surface area (Å²) in [6.45, 7) is 0. The van der Waals surface area contributed by atoms with E-state index in [0.717, 1.165) is 24.3 Å². The number of nitrogens with zero attached hydrogens (tertiary/aromatic N) is 3. The highest BCUT2D eigenvalue weighted by Gasteiger charge is 2.31. The minimum absolute atomic E-state index is 0.0561. The molecule has 0 fully saturated rings. The molecule has 0 atom stereocenters. The molecule has 0 aliphatic heterocycles. The Labute approximate surface area is 167 Å². The molecule has 0 unspecified atom stereocenters. The van der Waals surface area contributed by atoms with Crippen LogP contribution in [0.4, 0.5) is 17.1 Å². The molecule has 0 bridgehead atoms. The molecule has 30 heavy (non-hydrogen) atoms. The maximum atomic E-state index is 12.3. The molecule has 0 saturated heterocycles. The summed E-state index contributed by atoms with van der Waals surface area (Å²) in [5.74, 6) is -1.80. The van der Waals surface area contributed by atoms with Gasteiger partial charge in [-0.1, -0.05) is 18.2 Å². The Bertz CT molecular complexity index is 1130. The van der Waals surface area contributed by atoms with Crippen molar-refractivity contribution in [3.8, 4) is 16.9 Å². The third kappa shape index (κ3) is 4.09. The van der Waals surface area contributed by atoms with Crippen LogP contribution in [0.25, 0.3) is 11.1 Å². The second kappa shape index (κ2) is 8.14. The van der Waals surface area contributed by atoms with Gasteiger partial charge in [-0.15, -0.1) is 0 Å². The summed E-state index contributed by atoms with van der Waals surface area (Å²) in [6.07, 6.45) is 0. The molecule has 0 heterocycles. The molecule has 0 N–H and O–H groups in total. The second-order valence-electron chi connectivity index (χ2n) is 5.92. The fourth-order valence-corrected chi connectivity index (χ4v) is 2.64. The van der Waals surface area contributed by atoms with Crippen LogP contribution >= 0.6 is 0 Å². The van der Waals surface area contributed by atoms with Gasteiger partial charge in [0.25, 0.3) is 11.4 Å². The Morgan fingerprint density at radius 3 is 1.70 bits per heavy atom. The van der Waals surface area contributed by atoms with E-state index in [1.165, 1.54) is 36.4 Å². The van der Waals surface area contributed by atoms with Gasteiger partial charge in [-0.2, -0.15) is 0 Å². The molecule has 11 nitrogen and oxygen atoms in total. The summed E-state index contributed by atoms with van der Waals surface area (Å²) < 4.78 is 5.02. The van der Waals surface area contributed by atoms with E-state index in [0.29, 0.717) is 0 Å². The van der Waals surface area contributed by atoms with Gasteiger partial charge in [-0.05, 0) is 35.4 Å². The van der Waals surface area contributed by atoms with Crippen molar-refractivity contribution in [2.45, 2.75) is 0 Å². The van der Waals surface area contributed by atoms with E-state index in [-0.39, 0.29) is 22.4 Å². The molecule has 0 saturated carbocycles. The predicted molar refractivity (Wildman–Crippen MR) is 103 cm³/mol. The monoisotopic (exact) mass is 409 g/mol. The lowest BCUT2D eigenvalue weighted by molar-refractivity contribution is -0.395. The van der Waals surface area contributed by atoms with Crippen LogP contribution in [-0.4, -0.2) is 20.7 Å². The summed E-state index contributed by atoms with van der Waals surface area (Å²) in [6, 6.07) is 14.4. The molecule has 0 amide bonds. The molecule has 0 radical (unpaired) electrons. The Kier molecular flexibility index (Phi) is 5.45. The maximum Gasteiger partial charge on any atom is 0.344 e. The molecule has 0 aliphatic rings. The largest absolute Gasteiger partial charge is 0.408 e. The first-order valence-electron chi connectivity index (χ1n) is 8.27. The minimum Gasteiger partial charge on any atom is -0.408 e. The van der Waals surface area contributed by atoms with Gasteiger partial charge in [-0.3, -0.25) is 30.3 Å². The van der Waals surface area contributed by atoms with Crippen molar-refractivity contribution in [3.05, 3.63) is 103 Å². The van der Waals surface area contributed by atoms with Gasteiger partial charge in [0, 0.05) is 24.3 Å². The zero-order valence-corrected chi connectivity index (χ0v) is 15.0. The first-order valence-corrected chi connectivity index (χ1v) is 8.27. The number of non-ortho nitro benzene ring substituents is 1. The molecule has 11 heteroatoms. The van der Waals surface area contributed by atoms with E-state index in [1.54, 1.807) is 6.07 Å². The number of rotatable bonds is 6. The SMILES string of the molecule is O=C(Oc1c([N+](=O)[O-])cc(-c2ccc([N+](=O)[O-])cc2)cc1[N+](=O)[O-])c1ccccc1. The average Bonchev–Trinajstić information content (AvgIpc) is 2.74. The Balaban J connectivity index is 2.11. The summed E-state index contributed by atoms with van der Waals surface area (Å²) in [7, 11) is 0. The van der Waals surface area contributed by atoms with Gasteiger partial charge in [0.2, 0.25) is 0 Å². The van der Waals surface area contributed by atoms with Crippen molar-refractivity contribution >= 4 is 23.0 Å². The fraction of sp³-hybridized carbons (Fsp3) is 0. The molecule has 3 rings (SSSR count). The number of nitro benzene ring substituents is 3. The molecule has 0 aromatic heterocycles. The van der Waals surface area contributed by atoms with Crippen LogP contribution < -0.4 is 4.74 Å². The van der Waals surface area contributed by atoms with E-state index in [4.69, 9.17) is 4.74 Å². The maximum absolute atomic E-state index is 12.3. The Morgan fingerprint density at radius 2 is 1.23 bits per heavy atom. The van der Waals surface area contributed by atoms with Crippen LogP contribution in [-0.2, 0) is 0 Å². The molecular weight excluding hydrogens is 398 g/mol. The number of hydrogen-bond donors (Lipinski definition) is 0. The zero-order valence-electron chi connectivity index (χ0n) is 15.0. The lowest BCUT2D eigenvalue weighted by Gasteiger charge is -2.08. The molecule has 150 valence electrons. The van der Waals surface area contributed by atoms with Crippen LogP contribution in [0.15, 0.2) is 66.7 Å². The number of esters is 1. The smallest absolute Gasteiger partial charge is 0.344 e. The number of carbonyl (C=O) groups is 1. The lowest BCUT2D eigenvalue weighted by Crippen LogP contribution is -2.11. The summed E-state index contributed by atoms with van der Waals surface area (Å²) >= 11 is 0. The second-order valence-corrected chi connectivity index (χ2v) is 5.92. The summed E-state index contributed by atoms with van der Waals surface area (Å²) in [5, 5.41) is 33.9. The first-order chi connectivity index (χ1) is 14.3. The van der Waals surface area contributed by atoms with Crippen LogP contribution in [0.3, 0.4) is 0 Å².